The summed E-state index contributed by atoms with van der Waals surface area (Å²) in [5.41, 5.74) is 1.13. The Morgan fingerprint density at radius 1 is 1.32 bits per heavy atom. The Balaban J connectivity index is 1.68. The zero-order chi connectivity index (χ0) is 18.0. The quantitative estimate of drug-likeness (QED) is 0.718. The van der Waals surface area contributed by atoms with Crippen molar-refractivity contribution in [2.75, 3.05) is 12.3 Å². The molecule has 1 atom stereocenters. The number of aromatic nitrogens is 2. The van der Waals surface area contributed by atoms with Gasteiger partial charge in [-0.15, -0.1) is 11.8 Å². The fourth-order valence-corrected chi connectivity index (χ4v) is 4.12. The van der Waals surface area contributed by atoms with Crippen molar-refractivity contribution in [3.8, 4) is 0 Å². The monoisotopic (exact) mass is 379 g/mol. The Morgan fingerprint density at radius 3 is 2.68 bits per heavy atom. The van der Waals surface area contributed by atoms with Crippen LogP contribution in [-0.2, 0) is 4.74 Å². The van der Waals surface area contributed by atoms with Gasteiger partial charge in [-0.05, 0) is 45.7 Å². The highest BCUT2D eigenvalue weighted by atomic mass is 35.5. The third-order valence-electron chi connectivity index (χ3n) is 3.92. The molecule has 1 aliphatic rings. The Morgan fingerprint density at radius 2 is 2.00 bits per heavy atom. The van der Waals surface area contributed by atoms with Crippen LogP contribution in [-0.4, -0.2) is 44.9 Å². The maximum Gasteiger partial charge on any atom is 0.410 e. The van der Waals surface area contributed by atoms with E-state index in [1.165, 1.54) is 0 Å². The van der Waals surface area contributed by atoms with Crippen molar-refractivity contribution in [3.63, 3.8) is 0 Å². The van der Waals surface area contributed by atoms with Crippen LogP contribution >= 0.6 is 23.4 Å². The Kier molecular flexibility index (Phi) is 5.39. The number of likely N-dealkylation sites (tertiary alicyclic amines) is 1. The van der Waals surface area contributed by atoms with E-state index in [4.69, 9.17) is 16.3 Å². The highest BCUT2D eigenvalue weighted by Crippen LogP contribution is 2.30. The first-order chi connectivity index (χ1) is 11.8. The minimum Gasteiger partial charge on any atom is -0.444 e. The van der Waals surface area contributed by atoms with Gasteiger partial charge in [0, 0.05) is 18.3 Å². The number of amides is 1. The molecule has 1 aromatic heterocycles. The standard InChI is InChI=1S/C18H22ClN3O2S/c1-18(2,3)24-17(23)22-10-6-7-12(22)11-25-16-15(19)20-13-8-4-5-9-14(13)21-16/h4-5,8-9,12H,6-7,10-11H2,1-3H3/t12-/m1/s1. The molecule has 0 unspecified atom stereocenters. The molecule has 25 heavy (non-hydrogen) atoms. The van der Waals surface area contributed by atoms with Crippen LogP contribution in [0.1, 0.15) is 33.6 Å². The van der Waals surface area contributed by atoms with Gasteiger partial charge in [0.15, 0.2) is 5.15 Å². The molecule has 1 fully saturated rings. The first kappa shape index (κ1) is 18.3. The molecule has 7 heteroatoms. The van der Waals surface area contributed by atoms with Crippen molar-refractivity contribution in [2.45, 2.75) is 50.3 Å². The summed E-state index contributed by atoms with van der Waals surface area (Å²) in [6, 6.07) is 7.79. The summed E-state index contributed by atoms with van der Waals surface area (Å²) < 4.78 is 5.51. The van der Waals surface area contributed by atoms with Crippen LogP contribution in [0.3, 0.4) is 0 Å². The fraction of sp³-hybridized carbons (Fsp3) is 0.500. The molecule has 3 rings (SSSR count). The second-order valence-corrected chi connectivity index (χ2v) is 8.46. The number of thioether (sulfide) groups is 1. The van der Waals surface area contributed by atoms with Gasteiger partial charge in [-0.1, -0.05) is 23.7 Å². The summed E-state index contributed by atoms with van der Waals surface area (Å²) in [4.78, 5) is 23.2. The smallest absolute Gasteiger partial charge is 0.410 e. The number of fused-ring (bicyclic) bond motifs is 1. The molecular formula is C18H22ClN3O2S. The van der Waals surface area contributed by atoms with E-state index in [2.05, 4.69) is 9.97 Å². The molecule has 0 radical (unpaired) electrons. The molecule has 1 aliphatic heterocycles. The molecule has 2 aromatic rings. The summed E-state index contributed by atoms with van der Waals surface area (Å²) in [6.45, 7) is 6.39. The minimum absolute atomic E-state index is 0.129. The molecule has 0 spiro atoms. The Labute approximate surface area is 157 Å². The van der Waals surface area contributed by atoms with Crippen LogP contribution in [0.25, 0.3) is 11.0 Å². The predicted molar refractivity (Wildman–Crippen MR) is 101 cm³/mol. The van der Waals surface area contributed by atoms with Gasteiger partial charge in [-0.25, -0.2) is 14.8 Å². The molecule has 134 valence electrons. The van der Waals surface area contributed by atoms with Gasteiger partial charge in [0.2, 0.25) is 0 Å². The van der Waals surface area contributed by atoms with E-state index >= 15 is 0 Å². The molecule has 0 bridgehead atoms. The summed E-state index contributed by atoms with van der Waals surface area (Å²) in [7, 11) is 0. The van der Waals surface area contributed by atoms with E-state index in [0.29, 0.717) is 10.2 Å². The average Bonchev–Trinajstić information content (AvgIpc) is 3.00. The van der Waals surface area contributed by atoms with E-state index in [9.17, 15) is 4.79 Å². The number of benzene rings is 1. The molecule has 5 nitrogen and oxygen atoms in total. The van der Waals surface area contributed by atoms with Crippen LogP contribution < -0.4 is 0 Å². The number of hydrogen-bond donors (Lipinski definition) is 0. The molecule has 1 aromatic carbocycles. The lowest BCUT2D eigenvalue weighted by molar-refractivity contribution is 0.0242. The minimum atomic E-state index is -0.482. The number of hydrogen-bond acceptors (Lipinski definition) is 5. The summed E-state index contributed by atoms with van der Waals surface area (Å²) in [5.74, 6) is 0.728. The van der Waals surface area contributed by atoms with Crippen LogP contribution in [0, 0.1) is 0 Å². The lowest BCUT2D eigenvalue weighted by Crippen LogP contribution is -2.40. The van der Waals surface area contributed by atoms with Crippen molar-refractivity contribution in [1.29, 1.82) is 0 Å². The number of halogens is 1. The van der Waals surface area contributed by atoms with E-state index in [-0.39, 0.29) is 12.1 Å². The molecule has 0 saturated carbocycles. The Hall–Kier alpha value is -1.53. The van der Waals surface area contributed by atoms with Gasteiger partial charge in [0.05, 0.1) is 11.0 Å². The Bertz CT molecular complexity index is 778. The highest BCUT2D eigenvalue weighted by Gasteiger charge is 2.32. The number of ether oxygens (including phenoxy) is 1. The molecule has 0 N–H and O–H groups in total. The van der Waals surface area contributed by atoms with Crippen LogP contribution in [0.15, 0.2) is 29.3 Å². The first-order valence-corrected chi connectivity index (χ1v) is 9.74. The van der Waals surface area contributed by atoms with Crippen LogP contribution in [0.4, 0.5) is 4.79 Å². The largest absolute Gasteiger partial charge is 0.444 e. The number of nitrogens with zero attached hydrogens (tertiary/aromatic N) is 3. The van der Waals surface area contributed by atoms with Gasteiger partial charge < -0.3 is 9.64 Å². The van der Waals surface area contributed by atoms with Gasteiger partial charge >= 0.3 is 6.09 Å². The van der Waals surface area contributed by atoms with Crippen molar-refractivity contribution in [3.05, 3.63) is 29.4 Å². The topological polar surface area (TPSA) is 55.3 Å². The molecule has 2 heterocycles. The lowest BCUT2D eigenvalue weighted by atomic mass is 10.2. The van der Waals surface area contributed by atoms with Crippen molar-refractivity contribution in [1.82, 2.24) is 14.9 Å². The normalized spacial score (nSPS) is 17.9. The van der Waals surface area contributed by atoms with Gasteiger partial charge in [0.25, 0.3) is 0 Å². The van der Waals surface area contributed by atoms with Crippen LogP contribution in [0.5, 0.6) is 0 Å². The lowest BCUT2D eigenvalue weighted by Gasteiger charge is -2.28. The third kappa shape index (κ3) is 4.55. The molecule has 1 saturated heterocycles. The van der Waals surface area contributed by atoms with E-state index in [1.807, 2.05) is 49.9 Å². The maximum atomic E-state index is 12.4. The summed E-state index contributed by atoms with van der Waals surface area (Å²) in [5, 5.41) is 1.11. The first-order valence-electron chi connectivity index (χ1n) is 8.38. The maximum absolute atomic E-state index is 12.4. The highest BCUT2D eigenvalue weighted by molar-refractivity contribution is 7.99. The zero-order valence-electron chi connectivity index (χ0n) is 14.7. The zero-order valence-corrected chi connectivity index (χ0v) is 16.2. The summed E-state index contributed by atoms with van der Waals surface area (Å²) in [6.07, 6.45) is 1.71. The van der Waals surface area contributed by atoms with E-state index < -0.39 is 5.60 Å². The number of rotatable bonds is 3. The van der Waals surface area contributed by atoms with E-state index in [1.54, 1.807) is 11.8 Å². The van der Waals surface area contributed by atoms with E-state index in [0.717, 1.165) is 36.2 Å². The number of carbonyl (C=O) groups excluding carboxylic acids is 1. The average molecular weight is 380 g/mol. The molecule has 1 amide bonds. The summed E-state index contributed by atoms with van der Waals surface area (Å²) >= 11 is 7.82. The van der Waals surface area contributed by atoms with Crippen molar-refractivity contribution < 1.29 is 9.53 Å². The third-order valence-corrected chi connectivity index (χ3v) is 5.40. The van der Waals surface area contributed by atoms with Gasteiger partial charge in [-0.3, -0.25) is 0 Å². The van der Waals surface area contributed by atoms with Gasteiger partial charge in [0.1, 0.15) is 10.6 Å². The van der Waals surface area contributed by atoms with Gasteiger partial charge in [-0.2, -0.15) is 0 Å². The molecule has 0 aliphatic carbocycles. The van der Waals surface area contributed by atoms with Crippen molar-refractivity contribution in [2.24, 2.45) is 0 Å². The number of carbonyl (C=O) groups is 1. The molecular weight excluding hydrogens is 358 g/mol. The fourth-order valence-electron chi connectivity index (χ4n) is 2.80. The number of para-hydroxylation sites is 2. The second-order valence-electron chi connectivity index (χ2n) is 7.09. The second kappa shape index (κ2) is 7.38. The van der Waals surface area contributed by atoms with Crippen LogP contribution in [0.2, 0.25) is 5.15 Å². The SMILES string of the molecule is CC(C)(C)OC(=O)N1CCC[C@@H]1CSc1nc2ccccc2nc1Cl. The van der Waals surface area contributed by atoms with Crippen molar-refractivity contribution >= 4 is 40.5 Å². The predicted octanol–water partition coefficient (Wildman–Crippen LogP) is 4.77.